The maximum atomic E-state index is 11.8. The van der Waals surface area contributed by atoms with E-state index in [9.17, 15) is 4.79 Å². The number of carbonyl (C=O) groups is 1. The molecule has 0 rings (SSSR count). The van der Waals surface area contributed by atoms with E-state index in [0.717, 1.165) is 0 Å². The average molecular weight is 231 g/mol. The van der Waals surface area contributed by atoms with Crippen LogP contribution >= 0.6 is 0 Å². The first-order valence-corrected chi connectivity index (χ1v) is 6.01. The van der Waals surface area contributed by atoms with E-state index in [4.69, 9.17) is 15.2 Å². The Hall–Kier alpha value is -0.610. The summed E-state index contributed by atoms with van der Waals surface area (Å²) in [6.45, 7) is 8.95. The van der Waals surface area contributed by atoms with Gasteiger partial charge in [-0.2, -0.15) is 0 Å². The van der Waals surface area contributed by atoms with Crippen molar-refractivity contribution in [3.05, 3.63) is 0 Å². The summed E-state index contributed by atoms with van der Waals surface area (Å²) >= 11 is 0. The second-order valence-electron chi connectivity index (χ2n) is 4.23. The fourth-order valence-electron chi connectivity index (χ4n) is 1.53. The quantitative estimate of drug-likeness (QED) is 0.646. The SMILES string of the molecule is CCOC(=O)C(CC)(CN)CCOC(C)C. The van der Waals surface area contributed by atoms with E-state index in [-0.39, 0.29) is 12.1 Å². The van der Waals surface area contributed by atoms with E-state index < -0.39 is 5.41 Å². The van der Waals surface area contributed by atoms with Gasteiger partial charge in [0, 0.05) is 13.2 Å². The summed E-state index contributed by atoms with van der Waals surface area (Å²) < 4.78 is 10.5. The van der Waals surface area contributed by atoms with Gasteiger partial charge >= 0.3 is 5.97 Å². The minimum atomic E-state index is -0.578. The fraction of sp³-hybridized carbons (Fsp3) is 0.917. The Balaban J connectivity index is 4.37. The lowest BCUT2D eigenvalue weighted by Gasteiger charge is -2.28. The van der Waals surface area contributed by atoms with E-state index in [1.807, 2.05) is 20.8 Å². The molecule has 0 amide bonds. The maximum absolute atomic E-state index is 11.8. The second-order valence-corrected chi connectivity index (χ2v) is 4.23. The van der Waals surface area contributed by atoms with Crippen LogP contribution in [0.5, 0.6) is 0 Å². The Morgan fingerprint density at radius 1 is 1.38 bits per heavy atom. The summed E-state index contributed by atoms with van der Waals surface area (Å²) in [6.07, 6.45) is 1.48. The standard InChI is InChI=1S/C12H25NO3/c1-5-12(9-13,11(14)15-6-2)7-8-16-10(3)4/h10H,5-9,13H2,1-4H3. The molecule has 0 aliphatic carbocycles. The molecular formula is C12H25NO3. The Labute approximate surface area is 98.5 Å². The van der Waals surface area contributed by atoms with Crippen LogP contribution in [-0.4, -0.2) is 31.8 Å². The zero-order valence-corrected chi connectivity index (χ0v) is 10.9. The molecule has 0 radical (unpaired) electrons. The first-order valence-electron chi connectivity index (χ1n) is 6.01. The number of hydrogen-bond acceptors (Lipinski definition) is 4. The van der Waals surface area contributed by atoms with Gasteiger partial charge in [-0.05, 0) is 33.6 Å². The zero-order chi connectivity index (χ0) is 12.6. The van der Waals surface area contributed by atoms with Crippen LogP contribution < -0.4 is 5.73 Å². The maximum Gasteiger partial charge on any atom is 0.313 e. The van der Waals surface area contributed by atoms with Gasteiger partial charge in [-0.25, -0.2) is 0 Å². The summed E-state index contributed by atoms with van der Waals surface area (Å²) in [5.74, 6) is -0.202. The Morgan fingerprint density at radius 2 is 2.00 bits per heavy atom. The third-order valence-corrected chi connectivity index (χ3v) is 2.81. The average Bonchev–Trinajstić information content (AvgIpc) is 2.24. The monoisotopic (exact) mass is 231 g/mol. The smallest absolute Gasteiger partial charge is 0.313 e. The van der Waals surface area contributed by atoms with Gasteiger partial charge in [-0.3, -0.25) is 4.79 Å². The molecule has 16 heavy (non-hydrogen) atoms. The van der Waals surface area contributed by atoms with Crippen LogP contribution in [0.3, 0.4) is 0 Å². The molecule has 4 heteroatoms. The molecular weight excluding hydrogens is 206 g/mol. The topological polar surface area (TPSA) is 61.5 Å². The predicted octanol–water partition coefficient (Wildman–Crippen LogP) is 1.72. The van der Waals surface area contributed by atoms with Crippen molar-refractivity contribution in [1.82, 2.24) is 0 Å². The first kappa shape index (κ1) is 15.4. The number of rotatable bonds is 8. The highest BCUT2D eigenvalue weighted by Gasteiger charge is 2.36. The number of ether oxygens (including phenoxy) is 2. The van der Waals surface area contributed by atoms with Crippen LogP contribution in [0.1, 0.15) is 40.5 Å². The predicted molar refractivity (Wildman–Crippen MR) is 64.1 cm³/mol. The highest BCUT2D eigenvalue weighted by molar-refractivity contribution is 5.77. The van der Waals surface area contributed by atoms with Crippen molar-refractivity contribution in [3.8, 4) is 0 Å². The molecule has 2 N–H and O–H groups in total. The third kappa shape index (κ3) is 4.49. The molecule has 96 valence electrons. The summed E-state index contributed by atoms with van der Waals surface area (Å²) in [7, 11) is 0. The highest BCUT2D eigenvalue weighted by atomic mass is 16.5. The minimum Gasteiger partial charge on any atom is -0.466 e. The first-order chi connectivity index (χ1) is 7.52. The van der Waals surface area contributed by atoms with Gasteiger partial charge in [0.25, 0.3) is 0 Å². The van der Waals surface area contributed by atoms with Gasteiger partial charge in [-0.15, -0.1) is 0 Å². The summed E-state index contributed by atoms with van der Waals surface area (Å²) in [5.41, 5.74) is 5.13. The lowest BCUT2D eigenvalue weighted by molar-refractivity contribution is -0.156. The lowest BCUT2D eigenvalue weighted by Crippen LogP contribution is -2.40. The van der Waals surface area contributed by atoms with Gasteiger partial charge in [0.05, 0.1) is 18.1 Å². The lowest BCUT2D eigenvalue weighted by atomic mass is 9.82. The van der Waals surface area contributed by atoms with Crippen molar-refractivity contribution in [3.63, 3.8) is 0 Å². The van der Waals surface area contributed by atoms with E-state index in [0.29, 0.717) is 32.6 Å². The van der Waals surface area contributed by atoms with Gasteiger partial charge in [0.2, 0.25) is 0 Å². The molecule has 0 fully saturated rings. The van der Waals surface area contributed by atoms with Crippen molar-refractivity contribution in [2.75, 3.05) is 19.8 Å². The van der Waals surface area contributed by atoms with Gasteiger partial charge in [-0.1, -0.05) is 6.92 Å². The van der Waals surface area contributed by atoms with Crippen LogP contribution in [0.25, 0.3) is 0 Å². The molecule has 0 saturated carbocycles. The fourth-order valence-corrected chi connectivity index (χ4v) is 1.53. The summed E-state index contributed by atoms with van der Waals surface area (Å²) in [6, 6.07) is 0. The zero-order valence-electron chi connectivity index (χ0n) is 10.9. The molecule has 0 aromatic carbocycles. The normalized spacial score (nSPS) is 14.9. The highest BCUT2D eigenvalue weighted by Crippen LogP contribution is 2.27. The molecule has 1 unspecified atom stereocenters. The molecule has 0 aliphatic rings. The largest absolute Gasteiger partial charge is 0.466 e. The van der Waals surface area contributed by atoms with Gasteiger partial charge in [0.1, 0.15) is 0 Å². The number of hydrogen-bond donors (Lipinski definition) is 1. The number of carbonyl (C=O) groups excluding carboxylic acids is 1. The van der Waals surface area contributed by atoms with Crippen molar-refractivity contribution < 1.29 is 14.3 Å². The van der Waals surface area contributed by atoms with E-state index in [1.54, 1.807) is 6.92 Å². The van der Waals surface area contributed by atoms with Crippen LogP contribution in [0.15, 0.2) is 0 Å². The number of esters is 1. The van der Waals surface area contributed by atoms with E-state index >= 15 is 0 Å². The van der Waals surface area contributed by atoms with Crippen LogP contribution in [0, 0.1) is 5.41 Å². The van der Waals surface area contributed by atoms with Gasteiger partial charge < -0.3 is 15.2 Å². The molecule has 0 aromatic rings. The molecule has 4 nitrogen and oxygen atoms in total. The van der Waals surface area contributed by atoms with Gasteiger partial charge in [0.15, 0.2) is 0 Å². The molecule has 0 spiro atoms. The van der Waals surface area contributed by atoms with E-state index in [2.05, 4.69) is 0 Å². The third-order valence-electron chi connectivity index (χ3n) is 2.81. The Bertz CT molecular complexity index is 200. The Morgan fingerprint density at radius 3 is 2.38 bits per heavy atom. The molecule has 0 aromatic heterocycles. The minimum absolute atomic E-state index is 0.175. The van der Waals surface area contributed by atoms with Crippen molar-refractivity contribution >= 4 is 5.97 Å². The molecule has 0 saturated heterocycles. The van der Waals surface area contributed by atoms with Crippen molar-refractivity contribution in [1.29, 1.82) is 0 Å². The summed E-state index contributed by atoms with van der Waals surface area (Å²) in [4.78, 5) is 11.8. The van der Waals surface area contributed by atoms with E-state index in [1.165, 1.54) is 0 Å². The second kappa shape index (κ2) is 7.63. The van der Waals surface area contributed by atoms with Crippen LogP contribution in [0.2, 0.25) is 0 Å². The van der Waals surface area contributed by atoms with Crippen LogP contribution in [-0.2, 0) is 14.3 Å². The molecule has 0 aliphatic heterocycles. The van der Waals surface area contributed by atoms with Crippen molar-refractivity contribution in [2.24, 2.45) is 11.1 Å². The van der Waals surface area contributed by atoms with Crippen molar-refractivity contribution in [2.45, 2.75) is 46.6 Å². The summed E-state index contributed by atoms with van der Waals surface area (Å²) in [5, 5.41) is 0. The molecule has 1 atom stereocenters. The Kier molecular flexibility index (Phi) is 7.34. The molecule has 0 bridgehead atoms. The van der Waals surface area contributed by atoms with Crippen LogP contribution in [0.4, 0.5) is 0 Å². The number of nitrogens with two attached hydrogens (primary N) is 1. The molecule has 0 heterocycles.